The van der Waals surface area contributed by atoms with Gasteiger partial charge in [-0.15, -0.1) is 0 Å². The SMILES string of the molecule is CCCCOc1cc(OCCCN)cc(-c2cc(C)cc(-c3cc(C)cc(-c4cc(OCCCN)cc(OCCCN)c4)c3)c2)c1. The van der Waals surface area contributed by atoms with Crippen LogP contribution in [0, 0.1) is 13.8 Å². The van der Waals surface area contributed by atoms with Gasteiger partial charge in [-0.1, -0.05) is 37.6 Å². The number of rotatable bonds is 19. The van der Waals surface area contributed by atoms with E-state index < -0.39 is 0 Å². The maximum Gasteiger partial charge on any atom is 0.123 e. The predicted octanol–water partition coefficient (Wildman–Crippen LogP) is 7.67. The fourth-order valence-electron chi connectivity index (χ4n) is 5.20. The first-order valence-electron chi connectivity index (χ1n) is 16.6. The minimum atomic E-state index is 0.554. The van der Waals surface area contributed by atoms with Gasteiger partial charge in [0.1, 0.15) is 23.0 Å². The highest BCUT2D eigenvalue weighted by Crippen LogP contribution is 2.37. The van der Waals surface area contributed by atoms with Crippen LogP contribution in [0.4, 0.5) is 0 Å². The molecule has 0 fully saturated rings. The molecule has 0 radical (unpaired) electrons. The Morgan fingerprint density at radius 3 is 0.957 bits per heavy atom. The third-order valence-electron chi connectivity index (χ3n) is 7.53. The molecule has 46 heavy (non-hydrogen) atoms. The first-order valence-corrected chi connectivity index (χ1v) is 16.6. The van der Waals surface area contributed by atoms with Crippen LogP contribution in [0.1, 0.15) is 50.2 Å². The zero-order chi connectivity index (χ0) is 32.7. The molecule has 0 bridgehead atoms. The molecule has 4 aromatic rings. The highest BCUT2D eigenvalue weighted by Gasteiger charge is 2.12. The summed E-state index contributed by atoms with van der Waals surface area (Å²) in [5.74, 6) is 3.13. The Morgan fingerprint density at radius 2 is 0.674 bits per heavy atom. The van der Waals surface area contributed by atoms with E-state index in [9.17, 15) is 0 Å². The number of aryl methyl sites for hydroxylation is 2. The smallest absolute Gasteiger partial charge is 0.123 e. The molecule has 4 aromatic carbocycles. The van der Waals surface area contributed by atoms with Gasteiger partial charge in [-0.3, -0.25) is 0 Å². The summed E-state index contributed by atoms with van der Waals surface area (Å²) in [5.41, 5.74) is 26.0. The van der Waals surface area contributed by atoms with E-state index in [1.165, 1.54) is 5.56 Å². The number of hydrogen-bond donors (Lipinski definition) is 3. The van der Waals surface area contributed by atoms with Crippen LogP contribution in [-0.2, 0) is 0 Å². The van der Waals surface area contributed by atoms with Crippen LogP contribution >= 0.6 is 0 Å². The molecule has 4 rings (SSSR count). The molecule has 0 aliphatic rings. The predicted molar refractivity (Wildman–Crippen MR) is 190 cm³/mol. The van der Waals surface area contributed by atoms with Crippen LogP contribution in [0.5, 0.6) is 23.0 Å². The van der Waals surface area contributed by atoms with Crippen LogP contribution in [-0.4, -0.2) is 46.1 Å². The van der Waals surface area contributed by atoms with Gasteiger partial charge in [0.25, 0.3) is 0 Å². The number of unbranched alkanes of at least 4 members (excludes halogenated alkanes) is 1. The maximum absolute atomic E-state index is 6.12. The minimum absolute atomic E-state index is 0.554. The molecular formula is C39H51N3O4. The summed E-state index contributed by atoms with van der Waals surface area (Å²) in [7, 11) is 0. The Balaban J connectivity index is 1.72. The second-order valence-corrected chi connectivity index (χ2v) is 11.7. The van der Waals surface area contributed by atoms with E-state index in [0.717, 1.165) is 94.0 Å². The van der Waals surface area contributed by atoms with Gasteiger partial charge in [-0.2, -0.15) is 0 Å². The van der Waals surface area contributed by atoms with Crippen molar-refractivity contribution in [3.63, 3.8) is 0 Å². The van der Waals surface area contributed by atoms with Crippen LogP contribution in [0.25, 0.3) is 33.4 Å². The molecule has 0 aliphatic heterocycles. The lowest BCUT2D eigenvalue weighted by molar-refractivity contribution is 0.296. The Kier molecular flexibility index (Phi) is 13.8. The van der Waals surface area contributed by atoms with Crippen molar-refractivity contribution in [2.75, 3.05) is 46.1 Å². The highest BCUT2D eigenvalue weighted by atomic mass is 16.5. The van der Waals surface area contributed by atoms with Crippen molar-refractivity contribution in [3.05, 3.63) is 83.9 Å². The summed E-state index contributed by atoms with van der Waals surface area (Å²) >= 11 is 0. The molecule has 0 saturated heterocycles. The summed E-state index contributed by atoms with van der Waals surface area (Å²) in [5, 5.41) is 0. The van der Waals surface area contributed by atoms with Gasteiger partial charge in [0.2, 0.25) is 0 Å². The maximum atomic E-state index is 6.12. The van der Waals surface area contributed by atoms with Gasteiger partial charge in [0.05, 0.1) is 26.4 Å². The Hall–Kier alpha value is -4.04. The van der Waals surface area contributed by atoms with Crippen molar-refractivity contribution in [2.45, 2.75) is 52.9 Å². The summed E-state index contributed by atoms with van der Waals surface area (Å²) in [6.07, 6.45) is 4.44. The van der Waals surface area contributed by atoms with E-state index in [0.29, 0.717) is 46.1 Å². The third-order valence-corrected chi connectivity index (χ3v) is 7.53. The normalized spacial score (nSPS) is 11.0. The Labute approximate surface area is 275 Å². The molecule has 0 aromatic heterocycles. The third kappa shape index (κ3) is 10.5. The summed E-state index contributed by atoms with van der Waals surface area (Å²) in [4.78, 5) is 0. The summed E-state index contributed by atoms with van der Waals surface area (Å²) in [6.45, 7) is 10.5. The van der Waals surface area contributed by atoms with Gasteiger partial charge in [-0.05, 0) is 140 Å². The minimum Gasteiger partial charge on any atom is -0.493 e. The molecule has 0 heterocycles. The van der Waals surface area contributed by atoms with Gasteiger partial charge in [0.15, 0.2) is 0 Å². The van der Waals surface area contributed by atoms with Crippen LogP contribution in [0.3, 0.4) is 0 Å². The van der Waals surface area contributed by atoms with Gasteiger partial charge < -0.3 is 36.1 Å². The number of nitrogens with two attached hydrogens (primary N) is 3. The van der Waals surface area contributed by atoms with Crippen molar-refractivity contribution in [2.24, 2.45) is 17.2 Å². The second-order valence-electron chi connectivity index (χ2n) is 11.7. The zero-order valence-electron chi connectivity index (χ0n) is 27.8. The molecule has 7 nitrogen and oxygen atoms in total. The topological polar surface area (TPSA) is 115 Å². The molecule has 0 saturated carbocycles. The van der Waals surface area contributed by atoms with Crippen molar-refractivity contribution < 1.29 is 18.9 Å². The van der Waals surface area contributed by atoms with Crippen LogP contribution < -0.4 is 36.1 Å². The number of hydrogen-bond acceptors (Lipinski definition) is 7. The number of benzene rings is 4. The fourth-order valence-corrected chi connectivity index (χ4v) is 5.20. The van der Waals surface area contributed by atoms with Crippen molar-refractivity contribution in [3.8, 4) is 56.4 Å². The van der Waals surface area contributed by atoms with Gasteiger partial charge in [-0.25, -0.2) is 0 Å². The average Bonchev–Trinajstić information content (AvgIpc) is 3.04. The lowest BCUT2D eigenvalue weighted by Crippen LogP contribution is -2.07. The number of ether oxygens (including phenoxy) is 4. The fraction of sp³-hybridized carbons (Fsp3) is 0.385. The molecule has 0 spiro atoms. The first-order chi connectivity index (χ1) is 22.4. The van der Waals surface area contributed by atoms with Crippen molar-refractivity contribution in [1.29, 1.82) is 0 Å². The molecule has 7 heteroatoms. The molecule has 0 amide bonds. The van der Waals surface area contributed by atoms with Gasteiger partial charge in [0, 0.05) is 12.1 Å². The van der Waals surface area contributed by atoms with Crippen molar-refractivity contribution >= 4 is 0 Å². The van der Waals surface area contributed by atoms with E-state index in [-0.39, 0.29) is 0 Å². The Bertz CT molecular complexity index is 1370. The summed E-state index contributed by atoms with van der Waals surface area (Å²) in [6, 6.07) is 25.6. The lowest BCUT2D eigenvalue weighted by atomic mass is 9.93. The standard InChI is InChI=1S/C39H51N3O4/c1-4-5-12-43-36-22-34(23-37(26-36)44-13-6-9-40)32-18-28(2)16-30(20-32)31-17-29(3)19-33(21-31)35-24-38(45-14-7-10-41)27-39(25-35)46-15-8-11-42/h16-27H,4-15,40-42H2,1-3H3. The van der Waals surface area contributed by atoms with E-state index in [1.807, 2.05) is 12.1 Å². The molecule has 246 valence electrons. The van der Waals surface area contributed by atoms with Crippen molar-refractivity contribution in [1.82, 2.24) is 0 Å². The average molecular weight is 626 g/mol. The zero-order valence-corrected chi connectivity index (χ0v) is 27.8. The first kappa shape index (κ1) is 34.8. The summed E-state index contributed by atoms with van der Waals surface area (Å²) < 4.78 is 24.3. The largest absolute Gasteiger partial charge is 0.493 e. The lowest BCUT2D eigenvalue weighted by Gasteiger charge is -2.15. The van der Waals surface area contributed by atoms with Crippen LogP contribution in [0.15, 0.2) is 72.8 Å². The quantitative estimate of drug-likeness (QED) is 0.0916. The molecule has 0 atom stereocenters. The Morgan fingerprint density at radius 1 is 0.391 bits per heavy atom. The molecule has 0 unspecified atom stereocenters. The van der Waals surface area contributed by atoms with E-state index in [1.54, 1.807) is 0 Å². The monoisotopic (exact) mass is 625 g/mol. The highest BCUT2D eigenvalue weighted by molar-refractivity contribution is 5.79. The van der Waals surface area contributed by atoms with E-state index in [4.69, 9.17) is 36.1 Å². The van der Waals surface area contributed by atoms with E-state index >= 15 is 0 Å². The van der Waals surface area contributed by atoms with Gasteiger partial charge >= 0.3 is 0 Å². The molecular weight excluding hydrogens is 574 g/mol. The second kappa shape index (κ2) is 18.2. The van der Waals surface area contributed by atoms with E-state index in [2.05, 4.69) is 81.4 Å². The molecule has 0 aliphatic carbocycles. The molecule has 6 N–H and O–H groups in total. The van der Waals surface area contributed by atoms with Crippen LogP contribution in [0.2, 0.25) is 0 Å².